The summed E-state index contributed by atoms with van der Waals surface area (Å²) in [5, 5.41) is 5.90. The topological polar surface area (TPSA) is 70.7 Å². The number of carbonyl (C=O) groups excluding carboxylic acids is 2. The molecule has 2 aromatic rings. The molecule has 0 aliphatic heterocycles. The predicted octanol–water partition coefficient (Wildman–Crippen LogP) is 2.59. The molecular formula is C21H25N3O3. The van der Waals surface area contributed by atoms with E-state index in [0.29, 0.717) is 11.4 Å². The van der Waals surface area contributed by atoms with Crippen molar-refractivity contribution in [1.82, 2.24) is 10.2 Å². The van der Waals surface area contributed by atoms with Gasteiger partial charge in [0.2, 0.25) is 11.8 Å². The molecule has 142 valence electrons. The number of benzene rings is 2. The van der Waals surface area contributed by atoms with Gasteiger partial charge < -0.3 is 15.4 Å². The van der Waals surface area contributed by atoms with Crippen LogP contribution in [0.4, 0.5) is 5.69 Å². The van der Waals surface area contributed by atoms with E-state index < -0.39 is 6.04 Å². The van der Waals surface area contributed by atoms with Gasteiger partial charge in [-0.15, -0.1) is 0 Å². The lowest BCUT2D eigenvalue weighted by molar-refractivity contribution is -0.127. The first kappa shape index (κ1) is 18.9. The SMILES string of the molecule is COc1cccc(NC(=O)CN(C)[C@H](C(=O)NC2CC2)c2ccccc2)c1. The maximum atomic E-state index is 12.8. The van der Waals surface area contributed by atoms with Gasteiger partial charge in [0.25, 0.3) is 0 Å². The Labute approximate surface area is 159 Å². The van der Waals surface area contributed by atoms with Gasteiger partial charge in [0.15, 0.2) is 0 Å². The third-order valence-electron chi connectivity index (χ3n) is 4.47. The van der Waals surface area contributed by atoms with E-state index >= 15 is 0 Å². The number of ether oxygens (including phenoxy) is 1. The summed E-state index contributed by atoms with van der Waals surface area (Å²) in [6, 6.07) is 16.5. The van der Waals surface area contributed by atoms with E-state index in [-0.39, 0.29) is 24.4 Å². The molecule has 27 heavy (non-hydrogen) atoms. The van der Waals surface area contributed by atoms with Gasteiger partial charge in [-0.2, -0.15) is 0 Å². The van der Waals surface area contributed by atoms with E-state index in [4.69, 9.17) is 4.74 Å². The van der Waals surface area contributed by atoms with Crippen molar-refractivity contribution in [3.63, 3.8) is 0 Å². The monoisotopic (exact) mass is 367 g/mol. The van der Waals surface area contributed by atoms with Crippen LogP contribution in [-0.4, -0.2) is 43.5 Å². The van der Waals surface area contributed by atoms with Gasteiger partial charge in [-0.05, 0) is 37.6 Å². The van der Waals surface area contributed by atoms with Crippen LogP contribution in [0.25, 0.3) is 0 Å². The van der Waals surface area contributed by atoms with Crippen molar-refractivity contribution in [3.05, 3.63) is 60.2 Å². The highest BCUT2D eigenvalue weighted by molar-refractivity contribution is 5.93. The van der Waals surface area contributed by atoms with E-state index in [1.807, 2.05) is 42.5 Å². The maximum Gasteiger partial charge on any atom is 0.242 e. The Balaban J connectivity index is 1.68. The molecule has 0 saturated heterocycles. The zero-order valence-electron chi connectivity index (χ0n) is 15.6. The minimum Gasteiger partial charge on any atom is -0.497 e. The third-order valence-corrected chi connectivity index (χ3v) is 4.47. The first-order valence-electron chi connectivity index (χ1n) is 9.06. The number of nitrogens with zero attached hydrogens (tertiary/aromatic N) is 1. The van der Waals surface area contributed by atoms with Gasteiger partial charge in [-0.1, -0.05) is 36.4 Å². The number of anilines is 1. The molecule has 0 heterocycles. The summed E-state index contributed by atoms with van der Waals surface area (Å²) in [5.41, 5.74) is 1.53. The molecule has 2 N–H and O–H groups in total. The van der Waals surface area contributed by atoms with Crippen LogP contribution in [0, 0.1) is 0 Å². The highest BCUT2D eigenvalue weighted by Crippen LogP contribution is 2.24. The van der Waals surface area contributed by atoms with Crippen molar-refractivity contribution >= 4 is 17.5 Å². The second-order valence-electron chi connectivity index (χ2n) is 6.79. The lowest BCUT2D eigenvalue weighted by Gasteiger charge is -2.27. The lowest BCUT2D eigenvalue weighted by atomic mass is 10.0. The van der Waals surface area contributed by atoms with Crippen LogP contribution in [0.1, 0.15) is 24.4 Å². The Morgan fingerprint density at radius 1 is 1.15 bits per heavy atom. The lowest BCUT2D eigenvalue weighted by Crippen LogP contribution is -2.42. The molecular weight excluding hydrogens is 342 g/mol. The predicted molar refractivity (Wildman–Crippen MR) is 105 cm³/mol. The minimum absolute atomic E-state index is 0.0691. The summed E-state index contributed by atoms with van der Waals surface area (Å²) >= 11 is 0. The second-order valence-corrected chi connectivity index (χ2v) is 6.79. The molecule has 0 radical (unpaired) electrons. The fourth-order valence-electron chi connectivity index (χ4n) is 2.97. The van der Waals surface area contributed by atoms with E-state index in [0.717, 1.165) is 18.4 Å². The Hall–Kier alpha value is -2.86. The number of amides is 2. The van der Waals surface area contributed by atoms with Crippen LogP contribution in [0.2, 0.25) is 0 Å². The van der Waals surface area contributed by atoms with E-state index in [1.165, 1.54) is 0 Å². The Morgan fingerprint density at radius 3 is 2.56 bits per heavy atom. The first-order chi connectivity index (χ1) is 13.1. The summed E-state index contributed by atoms with van der Waals surface area (Å²) < 4.78 is 5.17. The number of likely N-dealkylation sites (N-methyl/N-ethyl adjacent to an activating group) is 1. The number of hydrogen-bond donors (Lipinski definition) is 2. The molecule has 1 saturated carbocycles. The van der Waals surface area contributed by atoms with E-state index in [1.54, 1.807) is 31.2 Å². The smallest absolute Gasteiger partial charge is 0.242 e. The van der Waals surface area contributed by atoms with Gasteiger partial charge in [-0.25, -0.2) is 0 Å². The van der Waals surface area contributed by atoms with Crippen molar-refractivity contribution in [2.75, 3.05) is 26.0 Å². The normalized spacial score (nSPS) is 14.5. The largest absolute Gasteiger partial charge is 0.497 e. The van der Waals surface area contributed by atoms with Crippen LogP contribution in [0.5, 0.6) is 5.75 Å². The van der Waals surface area contributed by atoms with Crippen LogP contribution < -0.4 is 15.4 Å². The number of rotatable bonds is 8. The summed E-state index contributed by atoms with van der Waals surface area (Å²) in [5.74, 6) is 0.415. The van der Waals surface area contributed by atoms with Crippen LogP contribution in [0.15, 0.2) is 54.6 Å². The van der Waals surface area contributed by atoms with Crippen molar-refractivity contribution in [2.24, 2.45) is 0 Å². The third kappa shape index (κ3) is 5.31. The van der Waals surface area contributed by atoms with Crippen molar-refractivity contribution in [1.29, 1.82) is 0 Å². The first-order valence-corrected chi connectivity index (χ1v) is 9.06. The van der Waals surface area contributed by atoms with Crippen molar-refractivity contribution in [3.8, 4) is 5.75 Å². The standard InChI is InChI=1S/C21H25N3O3/c1-24(14-19(25)22-17-9-6-10-18(13-17)27-2)20(15-7-4-3-5-8-15)21(26)23-16-11-12-16/h3-10,13,16,20H,11-12,14H2,1-2H3,(H,22,25)(H,23,26)/t20-/m0/s1. The molecule has 2 aromatic carbocycles. The molecule has 0 unspecified atom stereocenters. The molecule has 3 rings (SSSR count). The molecule has 0 bridgehead atoms. The van der Waals surface area contributed by atoms with Gasteiger partial charge in [0, 0.05) is 17.8 Å². The molecule has 1 atom stereocenters. The van der Waals surface area contributed by atoms with Gasteiger partial charge in [0.1, 0.15) is 11.8 Å². The van der Waals surface area contributed by atoms with Gasteiger partial charge in [-0.3, -0.25) is 14.5 Å². The quantitative estimate of drug-likeness (QED) is 0.752. The molecule has 1 fully saturated rings. The maximum absolute atomic E-state index is 12.8. The average molecular weight is 367 g/mol. The van der Waals surface area contributed by atoms with Crippen LogP contribution >= 0.6 is 0 Å². The molecule has 2 amide bonds. The Morgan fingerprint density at radius 2 is 1.89 bits per heavy atom. The summed E-state index contributed by atoms with van der Waals surface area (Å²) in [6.45, 7) is 0.0921. The molecule has 0 aromatic heterocycles. The molecule has 1 aliphatic rings. The Bertz CT molecular complexity index is 790. The molecule has 0 spiro atoms. The minimum atomic E-state index is -0.511. The summed E-state index contributed by atoms with van der Waals surface area (Å²) in [6.07, 6.45) is 2.04. The molecule has 6 heteroatoms. The number of methoxy groups -OCH3 is 1. The van der Waals surface area contributed by atoms with E-state index in [2.05, 4.69) is 10.6 Å². The van der Waals surface area contributed by atoms with E-state index in [9.17, 15) is 9.59 Å². The number of nitrogens with one attached hydrogen (secondary N) is 2. The highest BCUT2D eigenvalue weighted by atomic mass is 16.5. The van der Waals surface area contributed by atoms with Crippen LogP contribution in [0.3, 0.4) is 0 Å². The highest BCUT2D eigenvalue weighted by Gasteiger charge is 2.31. The Kier molecular flexibility index (Phi) is 6.08. The zero-order chi connectivity index (χ0) is 19.2. The summed E-state index contributed by atoms with van der Waals surface area (Å²) in [4.78, 5) is 27.0. The second kappa shape index (κ2) is 8.68. The van der Waals surface area contributed by atoms with Gasteiger partial charge in [0.05, 0.1) is 13.7 Å². The number of hydrogen-bond acceptors (Lipinski definition) is 4. The fraction of sp³-hybridized carbons (Fsp3) is 0.333. The molecule has 1 aliphatic carbocycles. The van der Waals surface area contributed by atoms with Crippen LogP contribution in [-0.2, 0) is 9.59 Å². The zero-order valence-corrected chi connectivity index (χ0v) is 15.6. The molecule has 6 nitrogen and oxygen atoms in total. The van der Waals surface area contributed by atoms with Crippen molar-refractivity contribution < 1.29 is 14.3 Å². The van der Waals surface area contributed by atoms with Gasteiger partial charge >= 0.3 is 0 Å². The summed E-state index contributed by atoms with van der Waals surface area (Å²) in [7, 11) is 3.37. The average Bonchev–Trinajstić information content (AvgIpc) is 3.46. The van der Waals surface area contributed by atoms with Crippen molar-refractivity contribution in [2.45, 2.75) is 24.9 Å². The number of carbonyl (C=O) groups is 2. The fourth-order valence-corrected chi connectivity index (χ4v) is 2.97.